The van der Waals surface area contributed by atoms with E-state index in [4.69, 9.17) is 11.6 Å². The van der Waals surface area contributed by atoms with Crippen LogP contribution in [-0.4, -0.2) is 15.2 Å². The topological polar surface area (TPSA) is 62.7 Å². The Bertz CT molecular complexity index is 839. The van der Waals surface area contributed by atoms with E-state index in [-0.39, 0.29) is 0 Å². The van der Waals surface area contributed by atoms with Crippen LogP contribution in [0.3, 0.4) is 0 Å². The third kappa shape index (κ3) is 3.81. The number of nitrogens with one attached hydrogen (secondary N) is 2. The van der Waals surface area contributed by atoms with Gasteiger partial charge in [0.05, 0.1) is 6.20 Å². The van der Waals surface area contributed by atoms with Crippen LogP contribution < -0.4 is 10.6 Å². The van der Waals surface area contributed by atoms with Crippen LogP contribution in [0.25, 0.3) is 0 Å². The molecule has 0 fully saturated rings. The summed E-state index contributed by atoms with van der Waals surface area (Å²) in [4.78, 5) is 4.46. The lowest BCUT2D eigenvalue weighted by molar-refractivity contribution is 0.982. The van der Waals surface area contributed by atoms with Crippen molar-refractivity contribution in [3.05, 3.63) is 64.3 Å². The molecule has 0 radical (unpaired) electrons. The van der Waals surface area contributed by atoms with E-state index in [1.807, 2.05) is 12.1 Å². The number of aromatic nitrogens is 3. The minimum atomic E-state index is 0.421. The first-order valence-electron chi connectivity index (χ1n) is 7.58. The second kappa shape index (κ2) is 6.84. The second-order valence-corrected chi connectivity index (χ2v) is 6.13. The molecule has 6 heteroatoms. The van der Waals surface area contributed by atoms with E-state index in [0.717, 1.165) is 11.4 Å². The number of halogens is 1. The van der Waals surface area contributed by atoms with E-state index < -0.39 is 0 Å². The highest BCUT2D eigenvalue weighted by Crippen LogP contribution is 2.25. The van der Waals surface area contributed by atoms with Crippen molar-refractivity contribution in [1.82, 2.24) is 15.2 Å². The van der Waals surface area contributed by atoms with Crippen LogP contribution in [0.1, 0.15) is 16.7 Å². The summed E-state index contributed by atoms with van der Waals surface area (Å²) >= 11 is 5.89. The zero-order chi connectivity index (χ0) is 17.1. The molecule has 0 bridgehead atoms. The summed E-state index contributed by atoms with van der Waals surface area (Å²) in [5, 5.41) is 15.1. The van der Waals surface area contributed by atoms with Crippen molar-refractivity contribution in [3.8, 4) is 0 Å². The normalized spacial score (nSPS) is 10.5. The fourth-order valence-electron chi connectivity index (χ4n) is 2.58. The zero-order valence-electron chi connectivity index (χ0n) is 13.8. The number of rotatable bonds is 4. The van der Waals surface area contributed by atoms with Crippen LogP contribution in [0.4, 0.5) is 23.1 Å². The van der Waals surface area contributed by atoms with Gasteiger partial charge in [-0.25, -0.2) is 0 Å². The lowest BCUT2D eigenvalue weighted by Crippen LogP contribution is -2.04. The minimum Gasteiger partial charge on any atom is -0.338 e. The number of hydrogen-bond donors (Lipinski definition) is 2. The van der Waals surface area contributed by atoms with Crippen molar-refractivity contribution < 1.29 is 0 Å². The lowest BCUT2D eigenvalue weighted by Gasteiger charge is -2.13. The van der Waals surface area contributed by atoms with E-state index in [1.165, 1.54) is 16.7 Å². The number of anilines is 4. The van der Waals surface area contributed by atoms with Gasteiger partial charge in [0.2, 0.25) is 5.95 Å². The van der Waals surface area contributed by atoms with Crippen LogP contribution >= 0.6 is 11.6 Å². The highest BCUT2D eigenvalue weighted by Gasteiger charge is 2.07. The summed E-state index contributed by atoms with van der Waals surface area (Å²) < 4.78 is 0. The number of nitrogens with zero attached hydrogens (tertiary/aromatic N) is 3. The van der Waals surface area contributed by atoms with Crippen molar-refractivity contribution in [1.29, 1.82) is 0 Å². The Kier molecular flexibility index (Phi) is 4.62. The van der Waals surface area contributed by atoms with Crippen LogP contribution in [0.15, 0.2) is 42.6 Å². The monoisotopic (exact) mass is 339 g/mol. The summed E-state index contributed by atoms with van der Waals surface area (Å²) in [6.45, 7) is 6.23. The molecule has 5 nitrogen and oxygen atoms in total. The smallest absolute Gasteiger partial charge is 0.249 e. The fraction of sp³-hybridized carbons (Fsp3) is 0.167. The van der Waals surface area contributed by atoms with Gasteiger partial charge in [-0.05, 0) is 56.2 Å². The third-order valence-corrected chi connectivity index (χ3v) is 3.84. The molecule has 24 heavy (non-hydrogen) atoms. The van der Waals surface area contributed by atoms with Gasteiger partial charge in [0.25, 0.3) is 0 Å². The van der Waals surface area contributed by atoms with Gasteiger partial charge < -0.3 is 10.6 Å². The molecule has 0 aliphatic carbocycles. The van der Waals surface area contributed by atoms with Crippen LogP contribution in [0.5, 0.6) is 0 Å². The maximum atomic E-state index is 5.89. The van der Waals surface area contributed by atoms with Gasteiger partial charge in [0.1, 0.15) is 0 Å². The Morgan fingerprint density at radius 3 is 2.25 bits per heavy atom. The van der Waals surface area contributed by atoms with Gasteiger partial charge in [-0.15, -0.1) is 5.10 Å². The minimum absolute atomic E-state index is 0.421. The van der Waals surface area contributed by atoms with Gasteiger partial charge >= 0.3 is 0 Å². The molecule has 0 atom stereocenters. The quantitative estimate of drug-likeness (QED) is 0.705. The highest BCUT2D eigenvalue weighted by molar-refractivity contribution is 6.30. The maximum absolute atomic E-state index is 5.89. The zero-order valence-corrected chi connectivity index (χ0v) is 14.5. The highest BCUT2D eigenvalue weighted by atomic mass is 35.5. The molecule has 122 valence electrons. The molecule has 0 unspecified atom stereocenters. The van der Waals surface area contributed by atoms with E-state index in [2.05, 4.69) is 58.7 Å². The first kappa shape index (κ1) is 16.2. The molecule has 2 aromatic carbocycles. The average molecular weight is 340 g/mol. The molecule has 0 amide bonds. The summed E-state index contributed by atoms with van der Waals surface area (Å²) in [5.74, 6) is 1.06. The second-order valence-electron chi connectivity index (χ2n) is 5.70. The van der Waals surface area contributed by atoms with Crippen LogP contribution in [-0.2, 0) is 0 Å². The van der Waals surface area contributed by atoms with Crippen molar-refractivity contribution in [2.24, 2.45) is 0 Å². The molecular formula is C18H18ClN5. The van der Waals surface area contributed by atoms with Gasteiger partial charge in [-0.1, -0.05) is 29.3 Å². The predicted molar refractivity (Wildman–Crippen MR) is 98.5 cm³/mol. The van der Waals surface area contributed by atoms with Gasteiger partial charge in [-0.2, -0.15) is 10.1 Å². The van der Waals surface area contributed by atoms with E-state index in [9.17, 15) is 0 Å². The Balaban J connectivity index is 1.82. The Labute approximate surface area is 146 Å². The van der Waals surface area contributed by atoms with Crippen molar-refractivity contribution in [2.75, 3.05) is 10.6 Å². The summed E-state index contributed by atoms with van der Waals surface area (Å²) in [6.07, 6.45) is 1.60. The van der Waals surface area contributed by atoms with Crippen molar-refractivity contribution >= 4 is 34.7 Å². The first-order chi connectivity index (χ1) is 11.5. The molecule has 3 aromatic rings. The summed E-state index contributed by atoms with van der Waals surface area (Å²) in [5.41, 5.74) is 5.46. The largest absolute Gasteiger partial charge is 0.338 e. The SMILES string of the molecule is Cc1cc(C)c(Nc2cnnc(Nc3ccc(Cl)cc3)n2)c(C)c1. The molecule has 1 heterocycles. The Hall–Kier alpha value is -2.66. The number of benzene rings is 2. The molecule has 0 spiro atoms. The summed E-state index contributed by atoms with van der Waals surface area (Å²) in [6, 6.07) is 11.6. The van der Waals surface area contributed by atoms with E-state index in [1.54, 1.807) is 18.3 Å². The van der Waals surface area contributed by atoms with Crippen molar-refractivity contribution in [2.45, 2.75) is 20.8 Å². The Morgan fingerprint density at radius 1 is 0.917 bits per heavy atom. The fourth-order valence-corrected chi connectivity index (χ4v) is 2.71. The molecule has 0 saturated carbocycles. The van der Waals surface area contributed by atoms with Crippen LogP contribution in [0.2, 0.25) is 5.02 Å². The average Bonchev–Trinajstić information content (AvgIpc) is 2.53. The third-order valence-electron chi connectivity index (χ3n) is 3.59. The van der Waals surface area contributed by atoms with Gasteiger partial charge in [0.15, 0.2) is 5.82 Å². The van der Waals surface area contributed by atoms with Crippen LogP contribution in [0, 0.1) is 20.8 Å². The molecule has 3 rings (SSSR count). The number of hydrogen-bond acceptors (Lipinski definition) is 5. The molecule has 0 saturated heterocycles. The molecular weight excluding hydrogens is 322 g/mol. The molecule has 0 aliphatic heterocycles. The molecule has 2 N–H and O–H groups in total. The van der Waals surface area contributed by atoms with E-state index in [0.29, 0.717) is 16.8 Å². The van der Waals surface area contributed by atoms with E-state index >= 15 is 0 Å². The predicted octanol–water partition coefficient (Wildman–Crippen LogP) is 4.94. The Morgan fingerprint density at radius 2 is 1.58 bits per heavy atom. The van der Waals surface area contributed by atoms with Gasteiger partial charge in [0, 0.05) is 16.4 Å². The first-order valence-corrected chi connectivity index (χ1v) is 7.96. The van der Waals surface area contributed by atoms with Gasteiger partial charge in [-0.3, -0.25) is 0 Å². The maximum Gasteiger partial charge on any atom is 0.249 e. The number of aryl methyl sites for hydroxylation is 3. The summed E-state index contributed by atoms with van der Waals surface area (Å²) in [7, 11) is 0. The lowest BCUT2D eigenvalue weighted by atomic mass is 10.1. The standard InChI is InChI=1S/C18H18ClN5/c1-11-8-12(2)17(13(3)9-11)22-16-10-20-24-18(23-16)21-15-6-4-14(19)5-7-15/h4-10H,1-3H3,(H2,21,22,23,24). The molecule has 1 aromatic heterocycles. The van der Waals surface area contributed by atoms with Crippen molar-refractivity contribution in [3.63, 3.8) is 0 Å². The molecule has 0 aliphatic rings.